The van der Waals surface area contributed by atoms with Crippen LogP contribution in [0.25, 0.3) is 0 Å². The molecule has 2 aromatic rings. The number of nitrogens with one attached hydrogen (secondary N) is 1. The number of hydrogen-bond acceptors (Lipinski definition) is 7. The fourth-order valence-corrected chi connectivity index (χ4v) is 3.14. The fourth-order valence-electron chi connectivity index (χ4n) is 3.14. The quantitative estimate of drug-likeness (QED) is 0.455. The normalized spacial score (nSPS) is 14.8. The predicted molar refractivity (Wildman–Crippen MR) is 124 cm³/mol. The number of amides is 1. The van der Waals surface area contributed by atoms with Crippen molar-refractivity contribution in [1.29, 1.82) is 0 Å². The van der Waals surface area contributed by atoms with Crippen molar-refractivity contribution < 1.29 is 19.1 Å². The third-order valence-electron chi connectivity index (χ3n) is 4.99. The Kier molecular flexibility index (Phi) is 9.06. The van der Waals surface area contributed by atoms with Crippen LogP contribution >= 0.6 is 0 Å². The molecule has 0 atom stereocenters. The Morgan fingerprint density at radius 1 is 1.06 bits per heavy atom. The number of carbonyl (C=O) groups is 1. The highest BCUT2D eigenvalue weighted by atomic mass is 16.6. The van der Waals surface area contributed by atoms with Crippen LogP contribution in [0.15, 0.2) is 64.9 Å². The third-order valence-corrected chi connectivity index (χ3v) is 4.99. The molecule has 2 aromatic carbocycles. The van der Waals surface area contributed by atoms with Gasteiger partial charge in [0.05, 0.1) is 26.9 Å². The minimum Gasteiger partial charge on any atom is -0.497 e. The Labute approximate surface area is 188 Å². The van der Waals surface area contributed by atoms with Gasteiger partial charge in [0, 0.05) is 13.1 Å². The van der Waals surface area contributed by atoms with Gasteiger partial charge in [0.2, 0.25) is 0 Å². The van der Waals surface area contributed by atoms with E-state index in [-0.39, 0.29) is 11.6 Å². The van der Waals surface area contributed by atoms with E-state index in [9.17, 15) is 4.79 Å². The molecule has 1 heterocycles. The molecule has 32 heavy (non-hydrogen) atoms. The first-order chi connectivity index (χ1) is 15.7. The smallest absolute Gasteiger partial charge is 0.276 e. The average molecular weight is 439 g/mol. The van der Waals surface area contributed by atoms with Gasteiger partial charge in [-0.15, -0.1) is 0 Å². The van der Waals surface area contributed by atoms with Crippen LogP contribution in [0.1, 0.15) is 24.5 Å². The molecule has 170 valence electrons. The molecule has 1 N–H and O–H groups in total. The van der Waals surface area contributed by atoms with E-state index >= 15 is 0 Å². The lowest BCUT2D eigenvalue weighted by Gasteiger charge is -2.27. The summed E-state index contributed by atoms with van der Waals surface area (Å²) in [6.45, 7) is 4.80. The zero-order chi connectivity index (χ0) is 22.6. The first-order valence-corrected chi connectivity index (χ1v) is 10.7. The molecule has 1 saturated heterocycles. The van der Waals surface area contributed by atoms with Crippen molar-refractivity contribution in [1.82, 2.24) is 10.3 Å². The standard InChI is InChI=1S/C24H30N4O4/c1-3-22(27-32-18-20-7-5-4-6-8-20)23(24(29)28-13-15-31-16-14-28)26-25-17-19-9-11-21(30-2)12-10-19/h4-12,25H,3,13-18H2,1-2H3. The van der Waals surface area contributed by atoms with Crippen LogP contribution in [0.2, 0.25) is 0 Å². The first kappa shape index (κ1) is 23.3. The van der Waals surface area contributed by atoms with Crippen molar-refractivity contribution in [2.24, 2.45) is 10.3 Å². The van der Waals surface area contributed by atoms with Crippen LogP contribution in [0.4, 0.5) is 0 Å². The van der Waals surface area contributed by atoms with Gasteiger partial charge in [-0.05, 0) is 29.7 Å². The highest BCUT2D eigenvalue weighted by Crippen LogP contribution is 2.11. The van der Waals surface area contributed by atoms with Crippen LogP contribution in [0.5, 0.6) is 5.75 Å². The number of carbonyl (C=O) groups excluding carboxylic acids is 1. The Balaban J connectivity index is 1.73. The van der Waals surface area contributed by atoms with Crippen molar-refractivity contribution in [2.75, 3.05) is 33.4 Å². The molecule has 1 amide bonds. The van der Waals surface area contributed by atoms with E-state index in [1.54, 1.807) is 12.0 Å². The Morgan fingerprint density at radius 3 is 2.44 bits per heavy atom. The van der Waals surface area contributed by atoms with Gasteiger partial charge in [-0.2, -0.15) is 5.10 Å². The largest absolute Gasteiger partial charge is 0.497 e. The highest BCUT2D eigenvalue weighted by Gasteiger charge is 2.26. The van der Waals surface area contributed by atoms with Gasteiger partial charge in [-0.1, -0.05) is 54.5 Å². The molecule has 0 spiro atoms. The van der Waals surface area contributed by atoms with Gasteiger partial charge < -0.3 is 24.6 Å². The maximum absolute atomic E-state index is 13.2. The van der Waals surface area contributed by atoms with Gasteiger partial charge in [-0.25, -0.2) is 0 Å². The summed E-state index contributed by atoms with van der Waals surface area (Å²) in [4.78, 5) is 20.5. The van der Waals surface area contributed by atoms with Crippen molar-refractivity contribution in [3.05, 3.63) is 65.7 Å². The molecule has 0 unspecified atom stereocenters. The summed E-state index contributed by atoms with van der Waals surface area (Å²) in [7, 11) is 1.63. The van der Waals surface area contributed by atoms with Crippen molar-refractivity contribution in [3.63, 3.8) is 0 Å². The summed E-state index contributed by atoms with van der Waals surface area (Å²) in [5.41, 5.74) is 5.79. The number of oxime groups is 1. The number of morpholine rings is 1. The molecular weight excluding hydrogens is 408 g/mol. The van der Waals surface area contributed by atoms with Crippen LogP contribution in [0, 0.1) is 0 Å². The molecule has 0 saturated carbocycles. The topological polar surface area (TPSA) is 84.8 Å². The Bertz CT molecular complexity index is 907. The number of nitrogens with zero attached hydrogens (tertiary/aromatic N) is 3. The van der Waals surface area contributed by atoms with E-state index in [4.69, 9.17) is 14.3 Å². The van der Waals surface area contributed by atoms with Crippen molar-refractivity contribution in [3.8, 4) is 5.75 Å². The zero-order valence-electron chi connectivity index (χ0n) is 18.6. The van der Waals surface area contributed by atoms with Crippen molar-refractivity contribution in [2.45, 2.75) is 26.5 Å². The van der Waals surface area contributed by atoms with Crippen LogP contribution in [-0.4, -0.2) is 55.6 Å². The summed E-state index contributed by atoms with van der Waals surface area (Å²) >= 11 is 0. The van der Waals surface area contributed by atoms with Crippen LogP contribution < -0.4 is 10.2 Å². The maximum Gasteiger partial charge on any atom is 0.276 e. The summed E-state index contributed by atoms with van der Waals surface area (Å²) in [5, 5.41) is 8.68. The second-order valence-electron chi connectivity index (χ2n) is 7.20. The SMILES string of the molecule is CCC(=NOCc1ccccc1)C(=NNCc1ccc(OC)cc1)C(=O)N1CCOCC1. The summed E-state index contributed by atoms with van der Waals surface area (Å²) < 4.78 is 10.6. The maximum atomic E-state index is 13.2. The van der Waals surface area contributed by atoms with Gasteiger partial charge in [0.15, 0.2) is 5.71 Å². The molecule has 8 nitrogen and oxygen atoms in total. The molecule has 1 aliphatic rings. The summed E-state index contributed by atoms with van der Waals surface area (Å²) in [6, 6.07) is 17.4. The Hall–Kier alpha value is -3.39. The molecule has 0 bridgehead atoms. The predicted octanol–water partition coefficient (Wildman–Crippen LogP) is 2.98. The Morgan fingerprint density at radius 2 is 1.78 bits per heavy atom. The lowest BCUT2D eigenvalue weighted by molar-refractivity contribution is -0.127. The monoisotopic (exact) mass is 438 g/mol. The van der Waals surface area contributed by atoms with E-state index in [0.29, 0.717) is 51.6 Å². The number of ether oxygens (including phenoxy) is 2. The molecule has 1 fully saturated rings. The lowest BCUT2D eigenvalue weighted by Crippen LogP contribution is -2.46. The van der Waals surface area contributed by atoms with Gasteiger partial charge in [0.25, 0.3) is 5.91 Å². The van der Waals surface area contributed by atoms with E-state index in [2.05, 4.69) is 15.7 Å². The highest BCUT2D eigenvalue weighted by molar-refractivity contribution is 6.66. The van der Waals surface area contributed by atoms with Gasteiger partial charge >= 0.3 is 0 Å². The summed E-state index contributed by atoms with van der Waals surface area (Å²) in [5.74, 6) is 0.607. The third kappa shape index (κ3) is 6.81. The van der Waals surface area contributed by atoms with Gasteiger partial charge in [0.1, 0.15) is 18.1 Å². The minimum atomic E-state index is -0.181. The molecule has 0 aliphatic carbocycles. The minimum absolute atomic E-state index is 0.181. The molecule has 0 radical (unpaired) electrons. The number of rotatable bonds is 10. The summed E-state index contributed by atoms with van der Waals surface area (Å²) in [6.07, 6.45) is 0.508. The van der Waals surface area contributed by atoms with E-state index in [1.165, 1.54) is 0 Å². The van der Waals surface area contributed by atoms with Crippen molar-refractivity contribution >= 4 is 17.3 Å². The van der Waals surface area contributed by atoms with Gasteiger partial charge in [-0.3, -0.25) is 4.79 Å². The molecule has 0 aromatic heterocycles. The first-order valence-electron chi connectivity index (χ1n) is 10.7. The molecule has 8 heteroatoms. The molecule has 3 rings (SSSR count). The zero-order valence-corrected chi connectivity index (χ0v) is 18.6. The fraction of sp³-hybridized carbons (Fsp3) is 0.375. The second-order valence-corrected chi connectivity index (χ2v) is 7.20. The lowest BCUT2D eigenvalue weighted by atomic mass is 10.1. The van der Waals surface area contributed by atoms with Crippen LogP contribution in [0.3, 0.4) is 0 Å². The van der Waals surface area contributed by atoms with E-state index < -0.39 is 0 Å². The van der Waals surface area contributed by atoms with E-state index in [0.717, 1.165) is 16.9 Å². The number of hydrazone groups is 1. The molecule has 1 aliphatic heterocycles. The second kappa shape index (κ2) is 12.5. The molecular formula is C24H30N4O4. The van der Waals surface area contributed by atoms with Crippen LogP contribution in [-0.2, 0) is 27.5 Å². The number of hydrogen-bond donors (Lipinski definition) is 1. The number of methoxy groups -OCH3 is 1. The average Bonchev–Trinajstić information content (AvgIpc) is 2.86. The number of benzene rings is 2. The van der Waals surface area contributed by atoms with E-state index in [1.807, 2.05) is 61.5 Å².